The van der Waals surface area contributed by atoms with Gasteiger partial charge < -0.3 is 28.5 Å². The number of quaternary nitrogens is 1. The molecule has 414 valence electrons. The van der Waals surface area contributed by atoms with E-state index in [4.69, 9.17) is 13.8 Å². The Balaban J connectivity index is 5.24. The fourth-order valence-corrected chi connectivity index (χ4v) is 9.65. The van der Waals surface area contributed by atoms with Crippen LogP contribution in [0, 0.1) is 0 Å². The minimum Gasteiger partial charge on any atom is -0.756 e. The molecule has 3 unspecified atom stereocenters. The number of nitrogens with one attached hydrogen (secondary N) is 1. The molecule has 0 radical (unpaired) electrons. The number of likely N-dealkylation sites (N-methyl/N-ethyl adjacent to an activating group) is 1. The van der Waals surface area contributed by atoms with Crippen molar-refractivity contribution in [2.24, 2.45) is 0 Å². The van der Waals surface area contributed by atoms with E-state index in [1.807, 2.05) is 33.3 Å². The van der Waals surface area contributed by atoms with Gasteiger partial charge in [0, 0.05) is 12.8 Å². The number of carbonyl (C=O) groups excluding carboxylic acids is 2. The topological polar surface area (TPSA) is 114 Å². The van der Waals surface area contributed by atoms with Gasteiger partial charge in [-0.05, 0) is 57.4 Å². The molecule has 9 nitrogen and oxygen atoms in total. The highest BCUT2D eigenvalue weighted by molar-refractivity contribution is 7.45. The van der Waals surface area contributed by atoms with Crippen molar-refractivity contribution in [2.75, 3.05) is 40.9 Å². The van der Waals surface area contributed by atoms with Gasteiger partial charge >= 0.3 is 5.97 Å². The molecule has 0 fully saturated rings. The van der Waals surface area contributed by atoms with Gasteiger partial charge in [0.1, 0.15) is 19.3 Å². The standard InChI is InChI=1S/C60H117N2O7P/c1-7-10-13-16-19-22-25-28-29-30-31-32-33-35-37-40-43-46-49-52-59(63)61-57(56-68-70(65,66)67-55-54-62(4,5)6)58(51-48-45-42-39-36-27-24-21-18-15-12-9-3)69-60(64)53-50-47-44-41-38-34-26-23-20-17-14-11-8-2/h34,38,48,51,57-58H,7-33,35-37,39-47,49-50,52-56H2,1-6H3,(H-,61,63,65,66)/b38-34-,51-48+. The first-order valence-corrected chi connectivity index (χ1v) is 31.6. The number of hydrogen-bond donors (Lipinski definition) is 1. The van der Waals surface area contributed by atoms with Gasteiger partial charge in [-0.2, -0.15) is 0 Å². The van der Waals surface area contributed by atoms with Crippen molar-refractivity contribution in [2.45, 2.75) is 309 Å². The highest BCUT2D eigenvalue weighted by Gasteiger charge is 2.27. The summed E-state index contributed by atoms with van der Waals surface area (Å²) in [5, 5.41) is 3.03. The molecule has 10 heteroatoms. The van der Waals surface area contributed by atoms with Crippen LogP contribution in [0.3, 0.4) is 0 Å². The maximum atomic E-state index is 13.5. The van der Waals surface area contributed by atoms with Gasteiger partial charge in [-0.25, -0.2) is 0 Å². The maximum Gasteiger partial charge on any atom is 0.306 e. The smallest absolute Gasteiger partial charge is 0.306 e. The summed E-state index contributed by atoms with van der Waals surface area (Å²) >= 11 is 0. The fraction of sp³-hybridized carbons (Fsp3) is 0.900. The van der Waals surface area contributed by atoms with Crippen LogP contribution in [0.2, 0.25) is 0 Å². The lowest BCUT2D eigenvalue weighted by molar-refractivity contribution is -0.870. The Labute approximate surface area is 434 Å². The number of carbonyl (C=O) groups is 2. The monoisotopic (exact) mass is 1010 g/mol. The Morgan fingerprint density at radius 3 is 1.23 bits per heavy atom. The fourth-order valence-electron chi connectivity index (χ4n) is 8.93. The molecule has 70 heavy (non-hydrogen) atoms. The highest BCUT2D eigenvalue weighted by Crippen LogP contribution is 2.38. The first-order valence-electron chi connectivity index (χ1n) is 30.1. The van der Waals surface area contributed by atoms with E-state index < -0.39 is 20.0 Å². The Kier molecular flexibility index (Phi) is 49.9. The lowest BCUT2D eigenvalue weighted by Gasteiger charge is -2.30. The molecule has 0 aromatic rings. The second-order valence-electron chi connectivity index (χ2n) is 21.9. The molecule has 0 aliphatic rings. The Hall–Kier alpha value is -1.51. The SMILES string of the molecule is CCCCCCCC/C=C\CCCCCC(=O)OC(/C=C/CCCCCCCCCCCC)C(COP(=O)([O-])OCC[N+](C)(C)C)NC(=O)CCCCCCCCCCCCCCCCCCCCC. The molecule has 0 heterocycles. The molecule has 3 atom stereocenters. The lowest BCUT2D eigenvalue weighted by Crippen LogP contribution is -2.47. The van der Waals surface area contributed by atoms with Crippen LogP contribution in [0.1, 0.15) is 297 Å². The number of amides is 1. The number of phosphoric acid groups is 1. The van der Waals surface area contributed by atoms with Crippen LogP contribution in [0.4, 0.5) is 0 Å². The normalized spacial score (nSPS) is 13.9. The van der Waals surface area contributed by atoms with Crippen LogP contribution < -0.4 is 10.2 Å². The molecular formula is C60H117N2O7P. The number of hydrogen-bond acceptors (Lipinski definition) is 7. The first kappa shape index (κ1) is 68.5. The van der Waals surface area contributed by atoms with Crippen LogP contribution >= 0.6 is 7.82 Å². The van der Waals surface area contributed by atoms with Crippen LogP contribution in [-0.4, -0.2) is 69.4 Å². The second-order valence-corrected chi connectivity index (χ2v) is 23.3. The van der Waals surface area contributed by atoms with Gasteiger partial charge in [0.15, 0.2) is 0 Å². The summed E-state index contributed by atoms with van der Waals surface area (Å²) in [6.45, 7) is 6.86. The summed E-state index contributed by atoms with van der Waals surface area (Å²) in [5.41, 5.74) is 0. The average molecular weight is 1010 g/mol. The summed E-state index contributed by atoms with van der Waals surface area (Å²) in [5.74, 6) is -0.546. The molecule has 0 rings (SSSR count). The number of nitrogens with zero attached hydrogens (tertiary/aromatic N) is 1. The molecule has 0 spiro atoms. The molecule has 0 aromatic carbocycles. The summed E-state index contributed by atoms with van der Waals surface area (Å²) < 4.78 is 30.2. The zero-order chi connectivity index (χ0) is 51.5. The molecule has 1 N–H and O–H groups in total. The number of allylic oxidation sites excluding steroid dienone is 3. The van der Waals surface area contributed by atoms with E-state index in [9.17, 15) is 19.0 Å². The van der Waals surface area contributed by atoms with Crippen LogP contribution in [-0.2, 0) is 27.9 Å². The third kappa shape index (κ3) is 51.4. The van der Waals surface area contributed by atoms with Gasteiger partial charge in [0.2, 0.25) is 5.91 Å². The average Bonchev–Trinajstić information content (AvgIpc) is 3.32. The second kappa shape index (κ2) is 51.0. The van der Waals surface area contributed by atoms with Gasteiger partial charge in [0.05, 0.1) is 33.8 Å². The number of phosphoric ester groups is 1. The van der Waals surface area contributed by atoms with E-state index in [0.29, 0.717) is 23.9 Å². The summed E-state index contributed by atoms with van der Waals surface area (Å²) in [4.78, 5) is 39.9. The van der Waals surface area contributed by atoms with Crippen molar-refractivity contribution < 1.29 is 37.3 Å². The summed E-state index contributed by atoms with van der Waals surface area (Å²) in [6.07, 6.45) is 58.6. The summed E-state index contributed by atoms with van der Waals surface area (Å²) in [6, 6.07) is -0.887. The molecule has 0 saturated heterocycles. The number of esters is 1. The first-order chi connectivity index (χ1) is 33.9. The quantitative estimate of drug-likeness (QED) is 0.0212. The van der Waals surface area contributed by atoms with Gasteiger partial charge in [0.25, 0.3) is 7.82 Å². The Bertz CT molecular complexity index is 1250. The van der Waals surface area contributed by atoms with Crippen molar-refractivity contribution >= 4 is 19.7 Å². The number of rotatable bonds is 55. The van der Waals surface area contributed by atoms with E-state index in [2.05, 4.69) is 38.2 Å². The number of ether oxygens (including phenoxy) is 1. The molecule has 0 aromatic heterocycles. The van der Waals surface area contributed by atoms with Crippen LogP contribution in [0.25, 0.3) is 0 Å². The molecule has 0 aliphatic heterocycles. The van der Waals surface area contributed by atoms with E-state index in [1.165, 1.54) is 193 Å². The summed E-state index contributed by atoms with van der Waals surface area (Å²) in [7, 11) is 1.19. The molecular weight excluding hydrogens is 892 g/mol. The molecule has 0 bridgehead atoms. The predicted octanol–water partition coefficient (Wildman–Crippen LogP) is 17.5. The zero-order valence-corrected chi connectivity index (χ0v) is 48.1. The third-order valence-electron chi connectivity index (χ3n) is 13.6. The van der Waals surface area contributed by atoms with E-state index >= 15 is 0 Å². The van der Waals surface area contributed by atoms with Crippen molar-refractivity contribution in [1.29, 1.82) is 0 Å². The van der Waals surface area contributed by atoms with Crippen LogP contribution in [0.15, 0.2) is 24.3 Å². The van der Waals surface area contributed by atoms with Crippen molar-refractivity contribution in [3.05, 3.63) is 24.3 Å². The lowest BCUT2D eigenvalue weighted by atomic mass is 10.0. The minimum atomic E-state index is -4.69. The van der Waals surface area contributed by atoms with Crippen molar-refractivity contribution in [1.82, 2.24) is 5.32 Å². The zero-order valence-electron chi connectivity index (χ0n) is 47.2. The van der Waals surface area contributed by atoms with Gasteiger partial charge in [-0.1, -0.05) is 251 Å². The van der Waals surface area contributed by atoms with E-state index in [1.54, 1.807) is 0 Å². The predicted molar refractivity (Wildman–Crippen MR) is 298 cm³/mol. The van der Waals surface area contributed by atoms with Gasteiger partial charge in [-0.15, -0.1) is 0 Å². The molecule has 1 amide bonds. The van der Waals surface area contributed by atoms with Gasteiger partial charge in [-0.3, -0.25) is 14.2 Å². The maximum absolute atomic E-state index is 13.5. The van der Waals surface area contributed by atoms with E-state index in [-0.39, 0.29) is 31.5 Å². The molecule has 0 aliphatic carbocycles. The van der Waals surface area contributed by atoms with Crippen molar-refractivity contribution in [3.63, 3.8) is 0 Å². The third-order valence-corrected chi connectivity index (χ3v) is 14.6. The van der Waals surface area contributed by atoms with Crippen molar-refractivity contribution in [3.8, 4) is 0 Å². The number of unbranched alkanes of at least 4 members (excludes halogenated alkanes) is 37. The van der Waals surface area contributed by atoms with E-state index in [0.717, 1.165) is 64.2 Å². The Morgan fingerprint density at radius 2 is 0.829 bits per heavy atom. The minimum absolute atomic E-state index is 0.0210. The molecule has 0 saturated carbocycles. The van der Waals surface area contributed by atoms with Crippen LogP contribution in [0.5, 0.6) is 0 Å². The Morgan fingerprint density at radius 1 is 0.486 bits per heavy atom. The largest absolute Gasteiger partial charge is 0.756 e. The highest BCUT2D eigenvalue weighted by atomic mass is 31.2.